The van der Waals surface area contributed by atoms with Gasteiger partial charge >= 0.3 is 0 Å². The molecule has 0 aromatic rings. The first-order valence-electron chi connectivity index (χ1n) is 2.84. The SMILES string of the molecule is CC(C)CC(C)[NH-].[Ac]. The van der Waals surface area contributed by atoms with Crippen LogP contribution in [0.2, 0.25) is 0 Å². The fourth-order valence-corrected chi connectivity index (χ4v) is 0.707. The number of hydrogen-bond acceptors (Lipinski definition) is 0. The largest absolute Gasteiger partial charge is 0.675 e. The Bertz CT molecular complexity index is 37.8. The number of rotatable bonds is 2. The van der Waals surface area contributed by atoms with E-state index in [0.717, 1.165) is 6.42 Å². The van der Waals surface area contributed by atoms with Crippen molar-refractivity contribution in [3.05, 3.63) is 5.73 Å². The molecule has 1 radical (unpaired) electrons. The maximum atomic E-state index is 7.11. The van der Waals surface area contributed by atoms with Crippen molar-refractivity contribution in [2.75, 3.05) is 0 Å². The zero-order valence-electron chi connectivity index (χ0n) is 5.94. The van der Waals surface area contributed by atoms with E-state index in [-0.39, 0.29) is 50.1 Å². The van der Waals surface area contributed by atoms with Crippen molar-refractivity contribution < 1.29 is 44.1 Å². The minimum atomic E-state index is 0. The smallest absolute Gasteiger partial charge is 0 e. The Morgan fingerprint density at radius 1 is 1.25 bits per heavy atom. The van der Waals surface area contributed by atoms with E-state index in [1.807, 2.05) is 6.92 Å². The summed E-state index contributed by atoms with van der Waals surface area (Å²) >= 11 is 0. The molecule has 0 aliphatic rings. The van der Waals surface area contributed by atoms with Crippen LogP contribution in [0.25, 0.3) is 5.73 Å². The number of hydrogen-bond donors (Lipinski definition) is 0. The van der Waals surface area contributed by atoms with Gasteiger partial charge in [-0.15, -0.1) is 6.04 Å². The zero-order valence-corrected chi connectivity index (χ0v) is 10.7. The minimum absolute atomic E-state index is 0. The van der Waals surface area contributed by atoms with E-state index in [0.29, 0.717) is 5.92 Å². The molecule has 0 aromatic carbocycles. The second-order valence-electron chi connectivity index (χ2n) is 2.53. The van der Waals surface area contributed by atoms with E-state index in [1.54, 1.807) is 0 Å². The Morgan fingerprint density at radius 2 is 1.62 bits per heavy atom. The van der Waals surface area contributed by atoms with Crippen molar-refractivity contribution in [3.8, 4) is 0 Å². The van der Waals surface area contributed by atoms with Crippen molar-refractivity contribution >= 4 is 0 Å². The van der Waals surface area contributed by atoms with Crippen LogP contribution in [0.1, 0.15) is 27.2 Å². The molecule has 0 fully saturated rings. The van der Waals surface area contributed by atoms with E-state index < -0.39 is 0 Å². The molecule has 1 nitrogen and oxygen atoms in total. The monoisotopic (exact) mass is 327 g/mol. The third-order valence-electron chi connectivity index (χ3n) is 0.825. The predicted molar refractivity (Wildman–Crippen MR) is 33.2 cm³/mol. The van der Waals surface area contributed by atoms with Crippen LogP contribution in [0.4, 0.5) is 0 Å². The van der Waals surface area contributed by atoms with E-state index in [4.69, 9.17) is 5.73 Å². The maximum Gasteiger partial charge on any atom is 0 e. The second-order valence-corrected chi connectivity index (χ2v) is 2.53. The van der Waals surface area contributed by atoms with Gasteiger partial charge in [0.25, 0.3) is 0 Å². The Kier molecular flexibility index (Phi) is 9.87. The van der Waals surface area contributed by atoms with Crippen molar-refractivity contribution in [1.82, 2.24) is 0 Å². The quantitative estimate of drug-likeness (QED) is 0.744. The molecule has 0 spiro atoms. The average molecular weight is 327 g/mol. The van der Waals surface area contributed by atoms with E-state index in [1.165, 1.54) is 0 Å². The van der Waals surface area contributed by atoms with E-state index in [2.05, 4.69) is 13.8 Å². The first-order chi connectivity index (χ1) is 3.13. The topological polar surface area (TPSA) is 23.8 Å². The molecule has 0 amide bonds. The molecule has 0 aromatic heterocycles. The van der Waals surface area contributed by atoms with Crippen LogP contribution in [0.3, 0.4) is 0 Å². The van der Waals surface area contributed by atoms with E-state index >= 15 is 0 Å². The molecule has 47 valence electrons. The molecule has 0 saturated carbocycles. The molecule has 0 aliphatic heterocycles. The summed E-state index contributed by atoms with van der Waals surface area (Å²) in [6, 6.07) is 0.125. The first kappa shape index (κ1) is 12.1. The number of nitrogens with one attached hydrogen (secondary N) is 1. The van der Waals surface area contributed by atoms with Gasteiger partial charge in [-0.2, -0.15) is 0 Å². The zero-order chi connectivity index (χ0) is 5.86. The molecule has 0 bridgehead atoms. The summed E-state index contributed by atoms with van der Waals surface area (Å²) in [5, 5.41) is 0. The Balaban J connectivity index is 0. The van der Waals surface area contributed by atoms with Gasteiger partial charge in [-0.25, -0.2) is 0 Å². The van der Waals surface area contributed by atoms with Crippen LogP contribution >= 0.6 is 0 Å². The van der Waals surface area contributed by atoms with Gasteiger partial charge in [0.2, 0.25) is 0 Å². The standard InChI is InChI=1S/C6H14N.Ac/c1-5(2)4-6(3)7;/h5-7H,4H2,1-3H3;/q-1;. The van der Waals surface area contributed by atoms with Gasteiger partial charge in [0.05, 0.1) is 0 Å². The van der Waals surface area contributed by atoms with Crippen molar-refractivity contribution in [3.63, 3.8) is 0 Å². The van der Waals surface area contributed by atoms with Crippen LogP contribution in [-0.2, 0) is 0 Å². The van der Waals surface area contributed by atoms with Crippen molar-refractivity contribution in [2.24, 2.45) is 5.92 Å². The fraction of sp³-hybridized carbons (Fsp3) is 1.00. The molecule has 0 heterocycles. The molecule has 0 saturated heterocycles. The van der Waals surface area contributed by atoms with Crippen LogP contribution < -0.4 is 0 Å². The summed E-state index contributed by atoms with van der Waals surface area (Å²) in [6.07, 6.45) is 1.03. The summed E-state index contributed by atoms with van der Waals surface area (Å²) in [5.74, 6) is 0.687. The summed E-state index contributed by atoms with van der Waals surface area (Å²) in [7, 11) is 0. The summed E-state index contributed by atoms with van der Waals surface area (Å²) in [4.78, 5) is 0. The van der Waals surface area contributed by atoms with E-state index in [9.17, 15) is 0 Å². The van der Waals surface area contributed by atoms with Gasteiger partial charge in [0, 0.05) is 44.1 Å². The van der Waals surface area contributed by atoms with Gasteiger partial charge in [0.1, 0.15) is 0 Å². The van der Waals surface area contributed by atoms with Gasteiger partial charge in [-0.1, -0.05) is 27.2 Å². The Morgan fingerprint density at radius 3 is 1.62 bits per heavy atom. The third kappa shape index (κ3) is 10.4. The minimum Gasteiger partial charge on any atom is -0.675 e. The second kappa shape index (κ2) is 6.52. The van der Waals surface area contributed by atoms with Gasteiger partial charge in [-0.3, -0.25) is 0 Å². The van der Waals surface area contributed by atoms with Crippen LogP contribution in [0.5, 0.6) is 0 Å². The van der Waals surface area contributed by atoms with Crippen LogP contribution in [0, 0.1) is 50.0 Å². The summed E-state index contributed by atoms with van der Waals surface area (Å²) in [6.45, 7) is 6.22. The Hall–Kier alpha value is 1.40. The first-order valence-corrected chi connectivity index (χ1v) is 2.84. The van der Waals surface area contributed by atoms with Gasteiger partial charge in [0.15, 0.2) is 0 Å². The Labute approximate surface area is 88.0 Å². The normalized spacial score (nSPS) is 13.1. The van der Waals surface area contributed by atoms with Crippen LogP contribution in [-0.4, -0.2) is 6.04 Å². The summed E-state index contributed by atoms with van der Waals surface area (Å²) in [5.41, 5.74) is 7.11. The summed E-state index contributed by atoms with van der Waals surface area (Å²) < 4.78 is 0. The molecule has 8 heavy (non-hydrogen) atoms. The molecule has 2 heteroatoms. The molecule has 1 N–H and O–H groups in total. The third-order valence-corrected chi connectivity index (χ3v) is 0.825. The fourth-order valence-electron chi connectivity index (χ4n) is 0.707. The molecular weight excluding hydrogens is 313 g/mol. The van der Waals surface area contributed by atoms with Crippen molar-refractivity contribution in [2.45, 2.75) is 33.2 Å². The molecule has 1 atom stereocenters. The van der Waals surface area contributed by atoms with Crippen molar-refractivity contribution in [1.29, 1.82) is 0 Å². The molecule has 1 unspecified atom stereocenters. The molecule has 0 aliphatic carbocycles. The van der Waals surface area contributed by atoms with Gasteiger partial charge < -0.3 is 5.73 Å². The maximum absolute atomic E-state index is 7.11. The van der Waals surface area contributed by atoms with Crippen LogP contribution in [0.15, 0.2) is 0 Å². The molecule has 0 rings (SSSR count). The molecular formula is C6H14AcN-. The average Bonchev–Trinajstić information content (AvgIpc) is 1.27. The van der Waals surface area contributed by atoms with Gasteiger partial charge in [-0.05, 0) is 5.92 Å². The predicted octanol–water partition coefficient (Wildman–Crippen LogP) is 2.47.